The summed E-state index contributed by atoms with van der Waals surface area (Å²) in [5.41, 5.74) is 3.62. The van der Waals surface area contributed by atoms with Crippen LogP contribution in [0.2, 0.25) is 0 Å². The van der Waals surface area contributed by atoms with Crippen LogP contribution in [-0.4, -0.2) is 22.5 Å². The summed E-state index contributed by atoms with van der Waals surface area (Å²) in [5.74, 6) is 6.35. The summed E-state index contributed by atoms with van der Waals surface area (Å²) in [6.45, 7) is 1.07. The van der Waals surface area contributed by atoms with E-state index in [0.29, 0.717) is 19.5 Å². The second kappa shape index (κ2) is 6.66. The van der Waals surface area contributed by atoms with Crippen LogP contribution in [0.25, 0.3) is 11.3 Å². The van der Waals surface area contributed by atoms with Gasteiger partial charge in [0, 0.05) is 35.6 Å². The number of rotatable bonds is 1. The van der Waals surface area contributed by atoms with Crippen molar-refractivity contribution in [3.05, 3.63) is 77.6 Å². The van der Waals surface area contributed by atoms with Crippen molar-refractivity contribution >= 4 is 5.91 Å². The van der Waals surface area contributed by atoms with Crippen LogP contribution in [-0.2, 0) is 17.8 Å². The highest BCUT2D eigenvalue weighted by molar-refractivity contribution is 5.94. The lowest BCUT2D eigenvalue weighted by atomic mass is 10.0. The maximum Gasteiger partial charge on any atom is 0.299 e. The summed E-state index contributed by atoms with van der Waals surface area (Å²) in [7, 11) is 0. The van der Waals surface area contributed by atoms with Crippen molar-refractivity contribution in [1.29, 1.82) is 0 Å². The minimum Gasteiger partial charge on any atom is -0.360 e. The molecular formula is C21H16N2O2. The summed E-state index contributed by atoms with van der Waals surface area (Å²) in [5, 5.41) is 4.21. The monoisotopic (exact) mass is 328 g/mol. The number of amides is 1. The molecule has 0 radical (unpaired) electrons. The van der Waals surface area contributed by atoms with Crippen LogP contribution >= 0.6 is 0 Å². The molecule has 2 aromatic carbocycles. The molecule has 4 heteroatoms. The maximum absolute atomic E-state index is 12.5. The van der Waals surface area contributed by atoms with Crippen molar-refractivity contribution in [2.24, 2.45) is 0 Å². The molecular weight excluding hydrogens is 312 g/mol. The summed E-state index contributed by atoms with van der Waals surface area (Å²) in [6.07, 6.45) is 0.661. The predicted molar refractivity (Wildman–Crippen MR) is 94.4 cm³/mol. The second-order valence-corrected chi connectivity index (χ2v) is 5.89. The van der Waals surface area contributed by atoms with Gasteiger partial charge in [-0.1, -0.05) is 59.6 Å². The fourth-order valence-electron chi connectivity index (χ4n) is 2.93. The number of nitrogens with zero attached hydrogens (tertiary/aromatic N) is 2. The third kappa shape index (κ3) is 3.17. The average molecular weight is 328 g/mol. The Hall–Kier alpha value is -3.32. The Morgan fingerprint density at radius 3 is 2.52 bits per heavy atom. The van der Waals surface area contributed by atoms with Crippen molar-refractivity contribution in [2.75, 3.05) is 6.54 Å². The number of hydrogen-bond donors (Lipinski definition) is 0. The Bertz CT molecular complexity index is 950. The molecule has 0 bridgehead atoms. The summed E-state index contributed by atoms with van der Waals surface area (Å²) in [6, 6.07) is 19.4. The molecule has 2 heterocycles. The van der Waals surface area contributed by atoms with E-state index in [2.05, 4.69) is 17.0 Å². The van der Waals surface area contributed by atoms with Crippen molar-refractivity contribution in [2.45, 2.75) is 13.0 Å². The number of fused-ring (bicyclic) bond motifs is 1. The van der Waals surface area contributed by atoms with Gasteiger partial charge in [-0.05, 0) is 12.1 Å². The molecule has 0 aliphatic carbocycles. The molecule has 1 aliphatic rings. The van der Waals surface area contributed by atoms with Crippen molar-refractivity contribution in [1.82, 2.24) is 10.1 Å². The molecule has 0 saturated carbocycles. The standard InChI is InChI=1S/C21H16N2O2/c24-20(12-11-16-7-3-1-4-8-16)23-14-13-19-18(15-23)21(22-25-19)17-9-5-2-6-10-17/h1-10H,13-15H2. The molecule has 4 rings (SSSR count). The first-order valence-electron chi connectivity index (χ1n) is 8.20. The number of carbonyl (C=O) groups is 1. The van der Waals surface area contributed by atoms with Gasteiger partial charge in [-0.15, -0.1) is 0 Å². The topological polar surface area (TPSA) is 46.3 Å². The number of benzene rings is 2. The van der Waals surface area contributed by atoms with E-state index in [1.807, 2.05) is 60.7 Å². The van der Waals surface area contributed by atoms with E-state index in [-0.39, 0.29) is 5.91 Å². The van der Waals surface area contributed by atoms with Crippen LogP contribution in [0.4, 0.5) is 0 Å². The van der Waals surface area contributed by atoms with Gasteiger partial charge in [0.1, 0.15) is 11.5 Å². The van der Waals surface area contributed by atoms with Gasteiger partial charge in [0.2, 0.25) is 0 Å². The molecule has 122 valence electrons. The Kier molecular flexibility index (Phi) is 4.05. The molecule has 0 saturated heterocycles. The minimum absolute atomic E-state index is 0.172. The van der Waals surface area contributed by atoms with Gasteiger partial charge in [-0.3, -0.25) is 4.79 Å². The highest BCUT2D eigenvalue weighted by Crippen LogP contribution is 2.29. The zero-order valence-electron chi connectivity index (χ0n) is 13.6. The molecule has 0 N–H and O–H groups in total. The highest BCUT2D eigenvalue weighted by atomic mass is 16.5. The third-order valence-electron chi connectivity index (χ3n) is 4.25. The van der Waals surface area contributed by atoms with Gasteiger partial charge in [0.05, 0.1) is 6.54 Å². The van der Waals surface area contributed by atoms with Gasteiger partial charge in [0.15, 0.2) is 0 Å². The van der Waals surface area contributed by atoms with Gasteiger partial charge >= 0.3 is 0 Å². The Labute approximate surface area is 146 Å². The first-order valence-corrected chi connectivity index (χ1v) is 8.20. The van der Waals surface area contributed by atoms with Crippen LogP contribution in [0.5, 0.6) is 0 Å². The van der Waals surface area contributed by atoms with E-state index in [0.717, 1.165) is 28.1 Å². The maximum atomic E-state index is 12.5. The van der Waals surface area contributed by atoms with Crippen molar-refractivity contribution < 1.29 is 9.32 Å². The molecule has 0 spiro atoms. The summed E-state index contributed by atoms with van der Waals surface area (Å²) < 4.78 is 5.47. The molecule has 1 amide bonds. The number of hydrogen-bond acceptors (Lipinski definition) is 3. The van der Waals surface area contributed by atoms with Crippen molar-refractivity contribution in [3.63, 3.8) is 0 Å². The van der Waals surface area contributed by atoms with E-state index in [4.69, 9.17) is 4.52 Å². The molecule has 1 aliphatic heterocycles. The lowest BCUT2D eigenvalue weighted by Crippen LogP contribution is -2.34. The van der Waals surface area contributed by atoms with Gasteiger partial charge < -0.3 is 9.42 Å². The predicted octanol–water partition coefficient (Wildman–Crippen LogP) is 3.28. The quantitative estimate of drug-likeness (QED) is 0.644. The Morgan fingerprint density at radius 2 is 1.76 bits per heavy atom. The zero-order chi connectivity index (χ0) is 17.1. The van der Waals surface area contributed by atoms with Crippen LogP contribution in [0.3, 0.4) is 0 Å². The van der Waals surface area contributed by atoms with E-state index < -0.39 is 0 Å². The third-order valence-corrected chi connectivity index (χ3v) is 4.25. The normalized spacial score (nSPS) is 12.9. The van der Waals surface area contributed by atoms with Crippen LogP contribution in [0.1, 0.15) is 16.9 Å². The van der Waals surface area contributed by atoms with Crippen molar-refractivity contribution in [3.8, 4) is 23.1 Å². The largest absolute Gasteiger partial charge is 0.360 e. The fourth-order valence-corrected chi connectivity index (χ4v) is 2.93. The highest BCUT2D eigenvalue weighted by Gasteiger charge is 2.26. The molecule has 25 heavy (non-hydrogen) atoms. The van der Waals surface area contributed by atoms with E-state index in [9.17, 15) is 4.79 Å². The van der Waals surface area contributed by atoms with E-state index >= 15 is 0 Å². The molecule has 0 atom stereocenters. The Morgan fingerprint density at radius 1 is 1.04 bits per heavy atom. The van der Waals surface area contributed by atoms with E-state index in [1.165, 1.54) is 0 Å². The van der Waals surface area contributed by atoms with Gasteiger partial charge in [-0.2, -0.15) is 0 Å². The van der Waals surface area contributed by atoms with Crippen LogP contribution in [0.15, 0.2) is 65.2 Å². The van der Waals surface area contributed by atoms with E-state index in [1.54, 1.807) is 4.90 Å². The zero-order valence-corrected chi connectivity index (χ0v) is 13.6. The minimum atomic E-state index is -0.172. The molecule has 3 aromatic rings. The second-order valence-electron chi connectivity index (χ2n) is 5.89. The molecule has 0 fully saturated rings. The lowest BCUT2D eigenvalue weighted by Gasteiger charge is -2.24. The SMILES string of the molecule is O=C(C#Cc1ccccc1)N1CCc2onc(-c3ccccc3)c2C1. The van der Waals surface area contributed by atoms with Gasteiger partial charge in [-0.25, -0.2) is 0 Å². The van der Waals surface area contributed by atoms with Crippen LogP contribution in [0, 0.1) is 11.8 Å². The summed E-state index contributed by atoms with van der Waals surface area (Å²) >= 11 is 0. The molecule has 1 aromatic heterocycles. The summed E-state index contributed by atoms with van der Waals surface area (Å²) in [4.78, 5) is 14.2. The number of aromatic nitrogens is 1. The molecule has 0 unspecified atom stereocenters. The fraction of sp³-hybridized carbons (Fsp3) is 0.143. The smallest absolute Gasteiger partial charge is 0.299 e. The lowest BCUT2D eigenvalue weighted by molar-refractivity contribution is -0.126. The van der Waals surface area contributed by atoms with Crippen LogP contribution < -0.4 is 0 Å². The van der Waals surface area contributed by atoms with Gasteiger partial charge in [0.25, 0.3) is 5.91 Å². The first-order chi connectivity index (χ1) is 12.3. The molecule has 4 nitrogen and oxygen atoms in total. The number of carbonyl (C=O) groups excluding carboxylic acids is 1. The first kappa shape index (κ1) is 15.2. The Balaban J connectivity index is 1.56. The average Bonchev–Trinajstić information content (AvgIpc) is 3.11.